The summed E-state index contributed by atoms with van der Waals surface area (Å²) in [6.07, 6.45) is 2.75. The van der Waals surface area contributed by atoms with Crippen LogP contribution in [-0.4, -0.2) is 22.2 Å². The lowest BCUT2D eigenvalue weighted by molar-refractivity contribution is 0.0698. The van der Waals surface area contributed by atoms with Crippen LogP contribution in [0, 0.1) is 0 Å². The fourth-order valence-electron chi connectivity index (χ4n) is 1.88. The van der Waals surface area contributed by atoms with E-state index in [1.54, 1.807) is 12.1 Å². The fourth-order valence-corrected chi connectivity index (χ4v) is 1.88. The molecule has 2 rings (SSSR count). The topological polar surface area (TPSA) is 68.2 Å². The molecule has 0 bridgehead atoms. The van der Waals surface area contributed by atoms with Gasteiger partial charge in [0, 0.05) is 18.1 Å². The van der Waals surface area contributed by atoms with E-state index in [-0.39, 0.29) is 0 Å². The summed E-state index contributed by atoms with van der Waals surface area (Å²) in [6.45, 7) is 1.36. The van der Waals surface area contributed by atoms with Crippen molar-refractivity contribution in [2.24, 2.45) is 5.73 Å². The predicted octanol–water partition coefficient (Wildman–Crippen LogP) is 1.69. The van der Waals surface area contributed by atoms with Gasteiger partial charge in [0.05, 0.1) is 11.1 Å². The number of hydrogen-bond donors (Lipinski definition) is 2. The molecule has 0 atom stereocenters. The van der Waals surface area contributed by atoms with Crippen LogP contribution < -0.4 is 5.73 Å². The minimum Gasteiger partial charge on any atom is -0.478 e. The lowest BCUT2D eigenvalue weighted by atomic mass is 10.1. The summed E-state index contributed by atoms with van der Waals surface area (Å²) >= 11 is 0. The van der Waals surface area contributed by atoms with Crippen LogP contribution in [0.5, 0.6) is 0 Å². The SMILES string of the molecule is NCCCn1ccc2cccc(C(=O)O)c21. The van der Waals surface area contributed by atoms with Crippen molar-refractivity contribution in [1.29, 1.82) is 0 Å². The lowest BCUT2D eigenvalue weighted by Gasteiger charge is -2.06. The number of rotatable bonds is 4. The molecule has 4 nitrogen and oxygen atoms in total. The quantitative estimate of drug-likeness (QED) is 0.820. The van der Waals surface area contributed by atoms with E-state index in [0.717, 1.165) is 23.9 Å². The van der Waals surface area contributed by atoms with Crippen molar-refractivity contribution in [3.63, 3.8) is 0 Å². The van der Waals surface area contributed by atoms with Crippen molar-refractivity contribution < 1.29 is 9.90 Å². The van der Waals surface area contributed by atoms with Gasteiger partial charge in [0.15, 0.2) is 0 Å². The number of hydrogen-bond acceptors (Lipinski definition) is 2. The van der Waals surface area contributed by atoms with E-state index in [9.17, 15) is 4.79 Å². The molecule has 16 heavy (non-hydrogen) atoms. The molecule has 0 saturated carbocycles. The molecule has 0 amide bonds. The van der Waals surface area contributed by atoms with Crippen LogP contribution in [0.1, 0.15) is 16.8 Å². The zero-order valence-electron chi connectivity index (χ0n) is 8.89. The Balaban J connectivity index is 2.54. The smallest absolute Gasteiger partial charge is 0.337 e. The standard InChI is InChI=1S/C12H14N2O2/c13-6-2-7-14-8-5-9-3-1-4-10(11(9)14)12(15)16/h1,3-5,8H,2,6-7,13H2,(H,15,16). The number of carbonyl (C=O) groups is 1. The number of nitrogens with two attached hydrogens (primary N) is 1. The Bertz CT molecular complexity index is 517. The zero-order chi connectivity index (χ0) is 11.5. The third-order valence-electron chi connectivity index (χ3n) is 2.62. The molecule has 0 unspecified atom stereocenters. The van der Waals surface area contributed by atoms with Crippen LogP contribution >= 0.6 is 0 Å². The van der Waals surface area contributed by atoms with Crippen molar-refractivity contribution in [3.05, 3.63) is 36.0 Å². The number of para-hydroxylation sites is 1. The highest BCUT2D eigenvalue weighted by Crippen LogP contribution is 2.20. The second kappa shape index (κ2) is 4.37. The normalized spacial score (nSPS) is 10.8. The van der Waals surface area contributed by atoms with Crippen LogP contribution in [0.15, 0.2) is 30.5 Å². The third-order valence-corrected chi connectivity index (χ3v) is 2.62. The number of aromatic nitrogens is 1. The van der Waals surface area contributed by atoms with Crippen molar-refractivity contribution >= 4 is 16.9 Å². The van der Waals surface area contributed by atoms with Crippen molar-refractivity contribution in [2.75, 3.05) is 6.54 Å². The molecule has 3 N–H and O–H groups in total. The molecule has 1 aromatic carbocycles. The van der Waals surface area contributed by atoms with Gasteiger partial charge in [0.2, 0.25) is 0 Å². The molecule has 0 saturated heterocycles. The molecular formula is C12H14N2O2. The summed E-state index contributed by atoms with van der Waals surface area (Å²) in [4.78, 5) is 11.1. The average molecular weight is 218 g/mol. The highest BCUT2D eigenvalue weighted by Gasteiger charge is 2.11. The molecule has 0 radical (unpaired) electrons. The zero-order valence-corrected chi connectivity index (χ0v) is 8.89. The van der Waals surface area contributed by atoms with Gasteiger partial charge in [-0.05, 0) is 25.1 Å². The van der Waals surface area contributed by atoms with Crippen molar-refractivity contribution in [2.45, 2.75) is 13.0 Å². The van der Waals surface area contributed by atoms with E-state index in [0.29, 0.717) is 12.1 Å². The van der Waals surface area contributed by atoms with Crippen molar-refractivity contribution in [1.82, 2.24) is 4.57 Å². The van der Waals surface area contributed by atoms with Crippen LogP contribution in [-0.2, 0) is 6.54 Å². The summed E-state index contributed by atoms with van der Waals surface area (Å²) in [5.41, 5.74) is 6.59. The van der Waals surface area contributed by atoms with Gasteiger partial charge in [0.25, 0.3) is 0 Å². The summed E-state index contributed by atoms with van der Waals surface area (Å²) in [6, 6.07) is 7.24. The molecule has 0 spiro atoms. The Morgan fingerprint density at radius 2 is 2.19 bits per heavy atom. The molecular weight excluding hydrogens is 204 g/mol. The average Bonchev–Trinajstić information content (AvgIpc) is 2.69. The van der Waals surface area contributed by atoms with E-state index in [1.807, 2.05) is 22.9 Å². The van der Waals surface area contributed by atoms with Gasteiger partial charge in [-0.3, -0.25) is 0 Å². The maximum Gasteiger partial charge on any atom is 0.337 e. The number of nitrogens with zero attached hydrogens (tertiary/aromatic N) is 1. The molecule has 1 heterocycles. The highest BCUT2D eigenvalue weighted by molar-refractivity contribution is 6.02. The first-order valence-corrected chi connectivity index (χ1v) is 5.25. The van der Waals surface area contributed by atoms with Gasteiger partial charge < -0.3 is 15.4 Å². The molecule has 4 heteroatoms. The fraction of sp³-hybridized carbons (Fsp3) is 0.250. The van der Waals surface area contributed by atoms with Crippen LogP contribution in [0.25, 0.3) is 10.9 Å². The van der Waals surface area contributed by atoms with E-state index in [4.69, 9.17) is 10.8 Å². The van der Waals surface area contributed by atoms with Gasteiger partial charge in [-0.2, -0.15) is 0 Å². The van der Waals surface area contributed by atoms with E-state index < -0.39 is 5.97 Å². The molecule has 2 aromatic rings. The summed E-state index contributed by atoms with van der Waals surface area (Å²) < 4.78 is 1.95. The van der Waals surface area contributed by atoms with Gasteiger partial charge >= 0.3 is 5.97 Å². The molecule has 0 aliphatic carbocycles. The van der Waals surface area contributed by atoms with Gasteiger partial charge in [-0.15, -0.1) is 0 Å². The van der Waals surface area contributed by atoms with E-state index >= 15 is 0 Å². The summed E-state index contributed by atoms with van der Waals surface area (Å²) in [5.74, 6) is -0.890. The van der Waals surface area contributed by atoms with Gasteiger partial charge in [0.1, 0.15) is 0 Å². The first-order valence-electron chi connectivity index (χ1n) is 5.25. The summed E-state index contributed by atoms with van der Waals surface area (Å²) in [7, 11) is 0. The molecule has 0 fully saturated rings. The first kappa shape index (κ1) is 10.7. The maximum absolute atomic E-state index is 11.1. The Morgan fingerprint density at radius 1 is 1.38 bits per heavy atom. The monoisotopic (exact) mass is 218 g/mol. The Morgan fingerprint density at radius 3 is 2.88 bits per heavy atom. The number of fused-ring (bicyclic) bond motifs is 1. The van der Waals surface area contributed by atoms with Crippen LogP contribution in [0.2, 0.25) is 0 Å². The molecule has 0 aliphatic rings. The highest BCUT2D eigenvalue weighted by atomic mass is 16.4. The minimum atomic E-state index is -0.890. The van der Waals surface area contributed by atoms with E-state index in [2.05, 4.69) is 0 Å². The first-order chi connectivity index (χ1) is 7.74. The number of aryl methyl sites for hydroxylation is 1. The Hall–Kier alpha value is -1.81. The Labute approximate surface area is 93.3 Å². The molecule has 0 aliphatic heterocycles. The van der Waals surface area contributed by atoms with Crippen LogP contribution in [0.3, 0.4) is 0 Å². The molecule has 84 valence electrons. The van der Waals surface area contributed by atoms with Crippen LogP contribution in [0.4, 0.5) is 0 Å². The van der Waals surface area contributed by atoms with Gasteiger partial charge in [-0.25, -0.2) is 4.79 Å². The Kier molecular flexibility index (Phi) is 2.92. The second-order valence-corrected chi connectivity index (χ2v) is 3.70. The summed E-state index contributed by atoms with van der Waals surface area (Å²) in [5, 5.41) is 10.1. The van der Waals surface area contributed by atoms with Crippen molar-refractivity contribution in [3.8, 4) is 0 Å². The second-order valence-electron chi connectivity index (χ2n) is 3.70. The number of benzene rings is 1. The van der Waals surface area contributed by atoms with Gasteiger partial charge in [-0.1, -0.05) is 12.1 Å². The maximum atomic E-state index is 11.1. The predicted molar refractivity (Wildman–Crippen MR) is 62.6 cm³/mol. The number of aromatic carboxylic acids is 1. The number of carboxylic acid groups (broad SMARTS) is 1. The minimum absolute atomic E-state index is 0.347. The largest absolute Gasteiger partial charge is 0.478 e. The van der Waals surface area contributed by atoms with E-state index in [1.165, 1.54) is 0 Å². The number of carboxylic acids is 1. The third kappa shape index (κ3) is 1.79. The molecule has 1 aromatic heterocycles. The lowest BCUT2D eigenvalue weighted by Crippen LogP contribution is -2.07.